The summed E-state index contributed by atoms with van der Waals surface area (Å²) < 4.78 is 2.02. The van der Waals surface area contributed by atoms with Gasteiger partial charge in [0.1, 0.15) is 0 Å². The summed E-state index contributed by atoms with van der Waals surface area (Å²) in [5.74, 6) is 0. The van der Waals surface area contributed by atoms with Gasteiger partial charge in [-0.25, -0.2) is 0 Å². The molecular weight excluding hydrogens is 297 g/mol. The monoisotopic (exact) mass is 299 g/mol. The SMILES string of the molecule is CCC(Cl)(Cl)C(Cl)(Cl)[O][Zr]. The van der Waals surface area contributed by atoms with Crippen molar-refractivity contribution in [2.45, 2.75) is 22.2 Å². The molecule has 0 aliphatic carbocycles. The van der Waals surface area contributed by atoms with Gasteiger partial charge in [0.15, 0.2) is 0 Å². The quantitative estimate of drug-likeness (QED) is 0.728. The summed E-state index contributed by atoms with van der Waals surface area (Å²) in [5.41, 5.74) is 0. The number of hydrogen-bond donors (Lipinski definition) is 0. The molecule has 0 aromatic carbocycles. The Balaban J connectivity index is 4.28. The van der Waals surface area contributed by atoms with Gasteiger partial charge >= 0.3 is 96.6 Å². The molecule has 0 aliphatic rings. The first-order valence-electron chi connectivity index (χ1n) is 2.47. The van der Waals surface area contributed by atoms with Gasteiger partial charge in [-0.15, -0.1) is 0 Å². The molecule has 0 bridgehead atoms. The summed E-state index contributed by atoms with van der Waals surface area (Å²) in [6.45, 7) is 1.77. The van der Waals surface area contributed by atoms with Crippen molar-refractivity contribution < 1.29 is 28.0 Å². The Morgan fingerprint density at radius 2 is 1.70 bits per heavy atom. The van der Waals surface area contributed by atoms with Gasteiger partial charge in [0.25, 0.3) is 0 Å². The Bertz CT molecular complexity index is 102. The second-order valence-electron chi connectivity index (χ2n) is 1.68. The Morgan fingerprint density at radius 3 is 1.80 bits per heavy atom. The third kappa shape index (κ3) is 2.80. The number of halogens is 4. The predicted molar refractivity (Wildman–Crippen MR) is 40.3 cm³/mol. The van der Waals surface area contributed by atoms with Crippen molar-refractivity contribution in [2.75, 3.05) is 0 Å². The number of rotatable bonds is 3. The van der Waals surface area contributed by atoms with Crippen molar-refractivity contribution in [3.63, 3.8) is 0 Å². The molecule has 1 nitrogen and oxygen atoms in total. The van der Waals surface area contributed by atoms with Crippen molar-refractivity contribution in [1.29, 1.82) is 0 Å². The van der Waals surface area contributed by atoms with Crippen LogP contribution in [0.2, 0.25) is 0 Å². The summed E-state index contributed by atoms with van der Waals surface area (Å²) >= 11 is 23.4. The Hall–Kier alpha value is 2.00. The molecule has 0 aromatic heterocycles. The molecule has 0 unspecified atom stereocenters. The fraction of sp³-hybridized carbons (Fsp3) is 1.00. The van der Waals surface area contributed by atoms with Crippen molar-refractivity contribution in [1.82, 2.24) is 0 Å². The van der Waals surface area contributed by atoms with Crippen LogP contribution in [-0.4, -0.2) is 8.85 Å². The molecule has 0 fully saturated rings. The third-order valence-electron chi connectivity index (χ3n) is 0.998. The predicted octanol–water partition coefficient (Wildman–Crippen LogP) is 3.18. The summed E-state index contributed by atoms with van der Waals surface area (Å²) in [6, 6.07) is 0. The van der Waals surface area contributed by atoms with Crippen LogP contribution in [0.1, 0.15) is 13.3 Å². The summed E-state index contributed by atoms with van der Waals surface area (Å²) in [7, 11) is 0. The van der Waals surface area contributed by atoms with E-state index in [1.807, 2.05) is 0 Å². The summed E-state index contributed by atoms with van der Waals surface area (Å²) in [5, 5.41) is 0. The average molecular weight is 302 g/mol. The molecule has 0 amide bonds. The molecule has 0 rings (SSSR count). The van der Waals surface area contributed by atoms with Crippen LogP contribution in [0.5, 0.6) is 0 Å². The van der Waals surface area contributed by atoms with E-state index in [1.54, 1.807) is 6.92 Å². The van der Waals surface area contributed by atoms with E-state index in [-0.39, 0.29) is 0 Å². The minimum atomic E-state index is -1.50. The van der Waals surface area contributed by atoms with Gasteiger partial charge in [-0.3, -0.25) is 0 Å². The Kier molecular flexibility index (Phi) is 5.16. The number of alkyl halides is 4. The normalized spacial score (nSPS) is 13.6. The van der Waals surface area contributed by atoms with Crippen LogP contribution in [0.4, 0.5) is 0 Å². The molecule has 0 saturated carbocycles. The van der Waals surface area contributed by atoms with E-state index in [0.29, 0.717) is 6.42 Å². The van der Waals surface area contributed by atoms with Crippen LogP contribution in [0.15, 0.2) is 0 Å². The van der Waals surface area contributed by atoms with Gasteiger partial charge in [0.2, 0.25) is 0 Å². The molecule has 0 saturated heterocycles. The fourth-order valence-corrected chi connectivity index (χ4v) is 1.37. The molecule has 0 atom stereocenters. The minimum absolute atomic E-state index is 0.428. The molecular formula is C4H5Cl4OZr. The van der Waals surface area contributed by atoms with Crippen LogP contribution < -0.4 is 0 Å². The van der Waals surface area contributed by atoms with Crippen LogP contribution in [0, 0.1) is 0 Å². The van der Waals surface area contributed by atoms with Gasteiger partial charge in [0, 0.05) is 0 Å². The van der Waals surface area contributed by atoms with Crippen LogP contribution in [-0.2, 0) is 28.0 Å². The molecule has 0 N–H and O–H groups in total. The third-order valence-corrected chi connectivity index (χ3v) is 4.64. The van der Waals surface area contributed by atoms with Crippen molar-refractivity contribution >= 4 is 46.4 Å². The standard InChI is InChI=1S/C4H5Cl4O.Zr/c1-2-3(5,6)4(7,8)9;/h2H2,1H3;/q-1;+1. The fourth-order valence-electron chi connectivity index (χ4n) is 0.280. The Labute approximate surface area is 95.8 Å². The van der Waals surface area contributed by atoms with Gasteiger partial charge in [0.05, 0.1) is 0 Å². The topological polar surface area (TPSA) is 9.23 Å². The van der Waals surface area contributed by atoms with Gasteiger partial charge < -0.3 is 0 Å². The van der Waals surface area contributed by atoms with Gasteiger partial charge in [-0.2, -0.15) is 0 Å². The Morgan fingerprint density at radius 1 is 1.30 bits per heavy atom. The van der Waals surface area contributed by atoms with E-state index in [1.165, 1.54) is 0 Å². The van der Waals surface area contributed by atoms with Crippen molar-refractivity contribution in [3.05, 3.63) is 0 Å². The first-order chi connectivity index (χ1) is 4.37. The van der Waals surface area contributed by atoms with Crippen LogP contribution >= 0.6 is 46.4 Å². The summed E-state index contributed by atoms with van der Waals surface area (Å²) in [4.78, 5) is 0. The van der Waals surface area contributed by atoms with E-state index in [4.69, 9.17) is 49.2 Å². The van der Waals surface area contributed by atoms with Crippen molar-refractivity contribution in [2.24, 2.45) is 0 Å². The molecule has 6 heteroatoms. The first-order valence-corrected chi connectivity index (χ1v) is 4.99. The molecule has 0 aliphatic heterocycles. The molecule has 0 aromatic rings. The zero-order chi connectivity index (χ0) is 8.41. The zero-order valence-corrected chi connectivity index (χ0v) is 10.6. The van der Waals surface area contributed by atoms with Gasteiger partial charge in [-0.1, -0.05) is 0 Å². The molecule has 59 valence electrons. The van der Waals surface area contributed by atoms with E-state index >= 15 is 0 Å². The molecule has 0 radical (unpaired) electrons. The average Bonchev–Trinajstić information content (AvgIpc) is 1.88. The molecule has 10 heavy (non-hydrogen) atoms. The van der Waals surface area contributed by atoms with E-state index in [2.05, 4.69) is 0 Å². The zero-order valence-electron chi connectivity index (χ0n) is 5.13. The molecule has 0 heterocycles. The maximum atomic E-state index is 5.70. The first kappa shape index (κ1) is 12.0. The van der Waals surface area contributed by atoms with Crippen LogP contribution in [0.25, 0.3) is 0 Å². The maximum absolute atomic E-state index is 5.70. The van der Waals surface area contributed by atoms with E-state index < -0.39 is 8.85 Å². The van der Waals surface area contributed by atoms with Crippen molar-refractivity contribution in [3.8, 4) is 0 Å². The second-order valence-corrected chi connectivity index (χ2v) is 4.92. The summed E-state index contributed by atoms with van der Waals surface area (Å²) in [6.07, 6.45) is 0.428. The number of hydrogen-bond acceptors (Lipinski definition) is 1. The second kappa shape index (κ2) is 4.30. The van der Waals surface area contributed by atoms with E-state index in [0.717, 1.165) is 25.2 Å². The van der Waals surface area contributed by atoms with Gasteiger partial charge in [-0.05, 0) is 0 Å². The van der Waals surface area contributed by atoms with E-state index in [9.17, 15) is 0 Å². The molecule has 0 spiro atoms. The van der Waals surface area contributed by atoms with Crippen LogP contribution in [0.3, 0.4) is 0 Å².